The van der Waals surface area contributed by atoms with Gasteiger partial charge in [0, 0.05) is 18.4 Å². The van der Waals surface area contributed by atoms with Crippen molar-refractivity contribution >= 4 is 0 Å². The zero-order valence-corrected chi connectivity index (χ0v) is 9.22. The van der Waals surface area contributed by atoms with E-state index < -0.39 is 6.10 Å². The van der Waals surface area contributed by atoms with Gasteiger partial charge < -0.3 is 20.1 Å². The molecule has 0 bridgehead atoms. The topological polar surface area (TPSA) is 70.3 Å². The molecule has 0 radical (unpaired) electrons. The van der Waals surface area contributed by atoms with Crippen LogP contribution in [0, 0.1) is 0 Å². The first-order valence-corrected chi connectivity index (χ1v) is 5.15. The van der Waals surface area contributed by atoms with Gasteiger partial charge in [-0.1, -0.05) is 13.8 Å². The van der Waals surface area contributed by atoms with Gasteiger partial charge in [-0.25, -0.2) is 4.98 Å². The van der Waals surface area contributed by atoms with E-state index in [4.69, 9.17) is 5.11 Å². The fourth-order valence-corrected chi connectivity index (χ4v) is 1.25. The first kappa shape index (κ1) is 12.2. The third-order valence-electron chi connectivity index (χ3n) is 2.09. The summed E-state index contributed by atoms with van der Waals surface area (Å²) in [5.74, 6) is 0.871. The molecule has 0 aliphatic heterocycles. The molecule has 0 amide bonds. The Morgan fingerprint density at radius 1 is 1.53 bits per heavy atom. The predicted octanol–water partition coefficient (Wildman–Crippen LogP) is -0.266. The molecule has 3 N–H and O–H groups in total. The molecule has 0 saturated heterocycles. The average Bonchev–Trinajstić information content (AvgIpc) is 2.62. The Kier molecular flexibility index (Phi) is 4.74. The van der Waals surface area contributed by atoms with Crippen LogP contribution in [0.4, 0.5) is 0 Å². The van der Waals surface area contributed by atoms with E-state index in [1.807, 2.05) is 4.57 Å². The van der Waals surface area contributed by atoms with Crippen LogP contribution in [0.2, 0.25) is 0 Å². The van der Waals surface area contributed by atoms with Crippen molar-refractivity contribution in [1.82, 2.24) is 14.9 Å². The Morgan fingerprint density at radius 3 is 2.87 bits per heavy atom. The first-order chi connectivity index (χ1) is 7.13. The van der Waals surface area contributed by atoms with Crippen LogP contribution in [0.1, 0.15) is 19.7 Å². The quantitative estimate of drug-likeness (QED) is 0.608. The Bertz CT molecular complexity index is 286. The van der Waals surface area contributed by atoms with Crippen LogP contribution in [0.25, 0.3) is 0 Å². The Labute approximate surface area is 89.8 Å². The standard InChI is InChI=1S/C10H19N3O2/c1-8(2)12-5-10-11-3-4-13(10)6-9(15)7-14/h3-4,8-9,12,14-15H,5-7H2,1-2H3. The smallest absolute Gasteiger partial charge is 0.122 e. The summed E-state index contributed by atoms with van der Waals surface area (Å²) >= 11 is 0. The van der Waals surface area contributed by atoms with E-state index >= 15 is 0 Å². The molecule has 1 unspecified atom stereocenters. The highest BCUT2D eigenvalue weighted by atomic mass is 16.3. The summed E-state index contributed by atoms with van der Waals surface area (Å²) in [6.07, 6.45) is 2.77. The highest BCUT2D eigenvalue weighted by Crippen LogP contribution is 2.00. The fourth-order valence-electron chi connectivity index (χ4n) is 1.25. The van der Waals surface area contributed by atoms with Crippen molar-refractivity contribution in [2.75, 3.05) is 6.61 Å². The van der Waals surface area contributed by atoms with Crippen LogP contribution in [-0.4, -0.2) is 38.5 Å². The minimum Gasteiger partial charge on any atom is -0.394 e. The first-order valence-electron chi connectivity index (χ1n) is 5.15. The van der Waals surface area contributed by atoms with E-state index in [2.05, 4.69) is 24.1 Å². The lowest BCUT2D eigenvalue weighted by atomic mass is 10.3. The number of rotatable bonds is 6. The van der Waals surface area contributed by atoms with Gasteiger partial charge in [0.1, 0.15) is 5.82 Å². The normalized spacial score (nSPS) is 13.4. The van der Waals surface area contributed by atoms with E-state index in [0.717, 1.165) is 5.82 Å². The average molecular weight is 213 g/mol. The van der Waals surface area contributed by atoms with E-state index in [0.29, 0.717) is 19.1 Å². The monoisotopic (exact) mass is 213 g/mol. The molecular weight excluding hydrogens is 194 g/mol. The van der Waals surface area contributed by atoms with E-state index in [1.165, 1.54) is 0 Å². The van der Waals surface area contributed by atoms with Crippen LogP contribution in [0.3, 0.4) is 0 Å². The number of aromatic nitrogens is 2. The van der Waals surface area contributed by atoms with Gasteiger partial charge in [-0.15, -0.1) is 0 Å². The number of nitrogens with one attached hydrogen (secondary N) is 1. The predicted molar refractivity (Wildman–Crippen MR) is 57.3 cm³/mol. The van der Waals surface area contributed by atoms with Crippen molar-refractivity contribution in [2.24, 2.45) is 0 Å². The van der Waals surface area contributed by atoms with E-state index in [1.54, 1.807) is 12.4 Å². The van der Waals surface area contributed by atoms with Crippen molar-refractivity contribution in [3.05, 3.63) is 18.2 Å². The van der Waals surface area contributed by atoms with Gasteiger partial charge in [0.2, 0.25) is 0 Å². The Morgan fingerprint density at radius 2 is 2.27 bits per heavy atom. The molecule has 15 heavy (non-hydrogen) atoms. The van der Waals surface area contributed by atoms with Gasteiger partial charge in [-0.2, -0.15) is 0 Å². The molecule has 5 heteroatoms. The maximum absolute atomic E-state index is 9.31. The maximum atomic E-state index is 9.31. The van der Waals surface area contributed by atoms with E-state index in [9.17, 15) is 5.11 Å². The molecule has 0 aliphatic carbocycles. The molecule has 0 saturated carbocycles. The van der Waals surface area contributed by atoms with Gasteiger partial charge in [0.05, 0.1) is 25.8 Å². The number of hydrogen-bond donors (Lipinski definition) is 3. The zero-order valence-electron chi connectivity index (χ0n) is 9.22. The second-order valence-corrected chi connectivity index (χ2v) is 3.87. The van der Waals surface area contributed by atoms with Crippen LogP contribution in [0.15, 0.2) is 12.4 Å². The summed E-state index contributed by atoms with van der Waals surface area (Å²) in [6.45, 7) is 4.95. The highest BCUT2D eigenvalue weighted by Gasteiger charge is 2.07. The van der Waals surface area contributed by atoms with E-state index in [-0.39, 0.29) is 6.61 Å². The largest absolute Gasteiger partial charge is 0.394 e. The summed E-state index contributed by atoms with van der Waals surface area (Å²) < 4.78 is 1.84. The lowest BCUT2D eigenvalue weighted by Crippen LogP contribution is -2.26. The zero-order chi connectivity index (χ0) is 11.3. The van der Waals surface area contributed by atoms with Crippen LogP contribution in [-0.2, 0) is 13.1 Å². The van der Waals surface area contributed by atoms with Crippen LogP contribution < -0.4 is 5.32 Å². The van der Waals surface area contributed by atoms with Crippen molar-refractivity contribution in [1.29, 1.82) is 0 Å². The number of imidazole rings is 1. The number of aliphatic hydroxyl groups is 2. The minimum atomic E-state index is -0.725. The second-order valence-electron chi connectivity index (χ2n) is 3.87. The number of hydrogen-bond acceptors (Lipinski definition) is 4. The van der Waals surface area contributed by atoms with Crippen molar-refractivity contribution < 1.29 is 10.2 Å². The lowest BCUT2D eigenvalue weighted by molar-refractivity contribution is 0.0804. The van der Waals surface area contributed by atoms with Gasteiger partial charge in [-0.05, 0) is 0 Å². The molecule has 0 spiro atoms. The molecule has 0 fully saturated rings. The van der Waals surface area contributed by atoms with Gasteiger partial charge >= 0.3 is 0 Å². The fraction of sp³-hybridized carbons (Fsp3) is 0.700. The third kappa shape index (κ3) is 3.99. The highest BCUT2D eigenvalue weighted by molar-refractivity contribution is 4.92. The molecule has 0 aromatic carbocycles. The summed E-state index contributed by atoms with van der Waals surface area (Å²) in [6, 6.07) is 0.401. The maximum Gasteiger partial charge on any atom is 0.122 e. The minimum absolute atomic E-state index is 0.227. The summed E-state index contributed by atoms with van der Waals surface area (Å²) in [7, 11) is 0. The Hall–Kier alpha value is -0.910. The van der Waals surface area contributed by atoms with Crippen molar-refractivity contribution in [3.63, 3.8) is 0 Å². The molecular formula is C10H19N3O2. The van der Waals surface area contributed by atoms with Crippen LogP contribution >= 0.6 is 0 Å². The summed E-state index contributed by atoms with van der Waals surface area (Å²) in [5.41, 5.74) is 0. The van der Waals surface area contributed by atoms with Gasteiger partial charge in [-0.3, -0.25) is 0 Å². The molecule has 0 aliphatic rings. The van der Waals surface area contributed by atoms with Gasteiger partial charge in [0.25, 0.3) is 0 Å². The lowest BCUT2D eigenvalue weighted by Gasteiger charge is -2.13. The molecule has 5 nitrogen and oxygen atoms in total. The summed E-state index contributed by atoms with van der Waals surface area (Å²) in [5, 5.41) is 21.3. The number of aliphatic hydroxyl groups excluding tert-OH is 2. The molecule has 1 aromatic rings. The van der Waals surface area contributed by atoms with Gasteiger partial charge in [0.15, 0.2) is 0 Å². The molecule has 1 rings (SSSR count). The SMILES string of the molecule is CC(C)NCc1nccn1CC(O)CO. The molecule has 1 aromatic heterocycles. The van der Waals surface area contributed by atoms with Crippen molar-refractivity contribution in [2.45, 2.75) is 39.1 Å². The molecule has 1 heterocycles. The van der Waals surface area contributed by atoms with Crippen molar-refractivity contribution in [3.8, 4) is 0 Å². The summed E-state index contributed by atoms with van der Waals surface area (Å²) in [4.78, 5) is 4.18. The molecule has 86 valence electrons. The second kappa shape index (κ2) is 5.85. The number of nitrogens with zero attached hydrogens (tertiary/aromatic N) is 2. The molecule has 1 atom stereocenters. The van der Waals surface area contributed by atoms with Crippen LogP contribution in [0.5, 0.6) is 0 Å². The Balaban J connectivity index is 2.53. The third-order valence-corrected chi connectivity index (χ3v) is 2.09.